The van der Waals surface area contributed by atoms with Gasteiger partial charge in [-0.3, -0.25) is 4.48 Å². The summed E-state index contributed by atoms with van der Waals surface area (Å²) >= 11 is 0. The first kappa shape index (κ1) is 21.8. The highest BCUT2D eigenvalue weighted by molar-refractivity contribution is 8.93. The summed E-state index contributed by atoms with van der Waals surface area (Å²) < 4.78 is 1.10. The van der Waals surface area contributed by atoms with Crippen LogP contribution in [0.4, 0.5) is 5.69 Å². The molecule has 0 saturated carbocycles. The number of halogens is 2. The van der Waals surface area contributed by atoms with E-state index in [2.05, 4.69) is 51.1 Å². The van der Waals surface area contributed by atoms with Gasteiger partial charge in [0.25, 0.3) is 0 Å². The predicted molar refractivity (Wildman–Crippen MR) is 81.3 cm³/mol. The van der Waals surface area contributed by atoms with Crippen molar-refractivity contribution >= 4 is 32.6 Å². The molecule has 0 heterocycles. The summed E-state index contributed by atoms with van der Waals surface area (Å²) in [5.41, 5.74) is 1.44. The first-order valence-electron chi connectivity index (χ1n) is 5.20. The van der Waals surface area contributed by atoms with Crippen molar-refractivity contribution < 1.29 is 17.0 Å². The van der Waals surface area contributed by atoms with Crippen LogP contribution in [0.3, 0.4) is 0 Å². The van der Waals surface area contributed by atoms with Crippen LogP contribution in [-0.2, 0) is 0 Å². The first-order valence-corrected chi connectivity index (χ1v) is 5.20. The van der Waals surface area contributed by atoms with Gasteiger partial charge in [-0.15, -0.1) is 17.0 Å². The second-order valence-corrected chi connectivity index (χ2v) is 3.43. The van der Waals surface area contributed by atoms with Crippen LogP contribution >= 0.6 is 26.9 Å². The molecule has 0 aromatic heterocycles. The molecule has 4 heteroatoms. The lowest BCUT2D eigenvalue weighted by molar-refractivity contribution is -0.00000310. The molecule has 0 amide bonds. The summed E-state index contributed by atoms with van der Waals surface area (Å²) in [5, 5.41) is 0. The van der Waals surface area contributed by atoms with Crippen LogP contribution in [0.25, 0.3) is 0 Å². The van der Waals surface area contributed by atoms with Crippen LogP contribution in [0.5, 0.6) is 0 Å². The Labute approximate surface area is 124 Å². The largest absolute Gasteiger partial charge is 1.00 e. The van der Waals surface area contributed by atoms with Crippen molar-refractivity contribution in [2.24, 2.45) is 0 Å². The van der Waals surface area contributed by atoms with Crippen LogP contribution < -0.4 is 21.5 Å². The van der Waals surface area contributed by atoms with Crippen molar-refractivity contribution in [1.29, 1.82) is 0 Å². The maximum atomic E-state index is 2.26. The fraction of sp³-hybridized carbons (Fsp3) is 0.500. The molecule has 1 rings (SSSR count). The SMILES string of the molecule is Br.CC[N+](CC)(CC)c1ccccc1.P.[Br-]. The maximum absolute atomic E-state index is 2.26. The number of nitrogens with zero attached hydrogens (tertiary/aromatic N) is 1. The number of para-hydroxylation sites is 1. The van der Waals surface area contributed by atoms with Crippen molar-refractivity contribution in [3.63, 3.8) is 0 Å². The van der Waals surface area contributed by atoms with Crippen LogP contribution in [0.15, 0.2) is 30.3 Å². The van der Waals surface area contributed by atoms with Gasteiger partial charge in [-0.2, -0.15) is 9.90 Å². The molecule has 1 aromatic rings. The average Bonchev–Trinajstić information content (AvgIpc) is 2.23. The Morgan fingerprint density at radius 2 is 1.25 bits per heavy atom. The third-order valence-corrected chi connectivity index (χ3v) is 3.12. The monoisotopic (exact) mass is 371 g/mol. The quantitative estimate of drug-likeness (QED) is 0.539. The summed E-state index contributed by atoms with van der Waals surface area (Å²) in [7, 11) is 0. The average molecular weight is 373 g/mol. The third-order valence-electron chi connectivity index (χ3n) is 3.12. The first-order chi connectivity index (χ1) is 6.29. The van der Waals surface area contributed by atoms with Gasteiger partial charge in [0.05, 0.1) is 19.6 Å². The van der Waals surface area contributed by atoms with E-state index in [9.17, 15) is 0 Å². The molecule has 0 N–H and O–H groups in total. The lowest BCUT2D eigenvalue weighted by Crippen LogP contribution is -3.00. The van der Waals surface area contributed by atoms with E-state index >= 15 is 0 Å². The lowest BCUT2D eigenvalue weighted by atomic mass is 10.2. The molecular formula is C12H24Br2NP. The second kappa shape index (κ2) is 10.7. The number of benzene rings is 1. The lowest BCUT2D eigenvalue weighted by Gasteiger charge is -2.35. The number of hydrogen-bond donors (Lipinski definition) is 0. The van der Waals surface area contributed by atoms with Gasteiger partial charge in [0.1, 0.15) is 5.69 Å². The zero-order valence-electron chi connectivity index (χ0n) is 10.4. The molecule has 0 aliphatic heterocycles. The summed E-state index contributed by atoms with van der Waals surface area (Å²) in [6.45, 7) is 10.3. The third kappa shape index (κ3) is 4.83. The van der Waals surface area contributed by atoms with Crippen LogP contribution in [0, 0.1) is 0 Å². The molecule has 0 aliphatic rings. The Kier molecular flexibility index (Phi) is 14.6. The van der Waals surface area contributed by atoms with E-state index in [4.69, 9.17) is 0 Å². The topological polar surface area (TPSA) is 0 Å². The minimum absolute atomic E-state index is 0. The highest BCUT2D eigenvalue weighted by Crippen LogP contribution is 2.21. The fourth-order valence-corrected chi connectivity index (χ4v) is 1.96. The predicted octanol–water partition coefficient (Wildman–Crippen LogP) is 0.694. The van der Waals surface area contributed by atoms with Crippen molar-refractivity contribution in [2.75, 3.05) is 19.6 Å². The van der Waals surface area contributed by atoms with Crippen LogP contribution in [-0.4, -0.2) is 19.6 Å². The Morgan fingerprint density at radius 1 is 0.875 bits per heavy atom. The zero-order valence-corrected chi connectivity index (χ0v) is 15.2. The summed E-state index contributed by atoms with van der Waals surface area (Å²) in [6, 6.07) is 10.8. The van der Waals surface area contributed by atoms with Crippen molar-refractivity contribution in [3.8, 4) is 0 Å². The van der Waals surface area contributed by atoms with E-state index < -0.39 is 0 Å². The van der Waals surface area contributed by atoms with Gasteiger partial charge in [-0.25, -0.2) is 0 Å². The summed E-state index contributed by atoms with van der Waals surface area (Å²) in [4.78, 5) is 0. The Bertz CT molecular complexity index is 242. The van der Waals surface area contributed by atoms with Crippen molar-refractivity contribution in [2.45, 2.75) is 20.8 Å². The normalized spacial score (nSPS) is 9.44. The smallest absolute Gasteiger partial charge is 0.132 e. The van der Waals surface area contributed by atoms with Gasteiger partial charge in [0.15, 0.2) is 0 Å². The number of hydrogen-bond acceptors (Lipinski definition) is 0. The molecular weight excluding hydrogens is 349 g/mol. The highest BCUT2D eigenvalue weighted by Gasteiger charge is 2.23. The van der Waals surface area contributed by atoms with E-state index in [-0.39, 0.29) is 43.9 Å². The highest BCUT2D eigenvalue weighted by atomic mass is 79.9. The fourth-order valence-electron chi connectivity index (χ4n) is 1.96. The summed E-state index contributed by atoms with van der Waals surface area (Å²) in [5.74, 6) is 0. The van der Waals surface area contributed by atoms with E-state index in [0.29, 0.717) is 0 Å². The van der Waals surface area contributed by atoms with Gasteiger partial charge in [-0.1, -0.05) is 18.2 Å². The van der Waals surface area contributed by atoms with Crippen LogP contribution in [0.2, 0.25) is 0 Å². The van der Waals surface area contributed by atoms with E-state index in [1.54, 1.807) is 0 Å². The van der Waals surface area contributed by atoms with Gasteiger partial charge in [0.2, 0.25) is 0 Å². The molecule has 1 aromatic carbocycles. The molecule has 0 aliphatic carbocycles. The molecule has 0 radical (unpaired) electrons. The number of rotatable bonds is 4. The van der Waals surface area contributed by atoms with Gasteiger partial charge in [-0.05, 0) is 32.9 Å². The number of quaternary nitrogens is 1. The Morgan fingerprint density at radius 3 is 1.56 bits per heavy atom. The minimum atomic E-state index is 0. The van der Waals surface area contributed by atoms with Crippen LogP contribution in [0.1, 0.15) is 20.8 Å². The Hall–Kier alpha value is 0.570. The van der Waals surface area contributed by atoms with E-state index in [0.717, 1.165) is 4.48 Å². The molecule has 1 unspecified atom stereocenters. The Balaban J connectivity index is -0.000000563. The van der Waals surface area contributed by atoms with Gasteiger partial charge >= 0.3 is 0 Å². The molecule has 96 valence electrons. The standard InChI is InChI=1S/C12H20N.2BrH.H3P/c1-4-13(5-2,6-3)12-10-8-7-9-11-12;;;/h7-11H,4-6H2,1-3H3;2*1H;1H3/q+1;;;/p-1. The zero-order chi connectivity index (χ0) is 9.73. The van der Waals surface area contributed by atoms with Crippen molar-refractivity contribution in [3.05, 3.63) is 30.3 Å². The van der Waals surface area contributed by atoms with E-state index in [1.807, 2.05) is 0 Å². The second-order valence-electron chi connectivity index (χ2n) is 3.43. The molecule has 1 nitrogen and oxygen atoms in total. The van der Waals surface area contributed by atoms with Crippen molar-refractivity contribution in [1.82, 2.24) is 4.48 Å². The molecule has 0 saturated heterocycles. The molecule has 0 fully saturated rings. The molecule has 1 atom stereocenters. The minimum Gasteiger partial charge on any atom is -1.00 e. The molecule has 0 bridgehead atoms. The maximum Gasteiger partial charge on any atom is 0.132 e. The molecule has 16 heavy (non-hydrogen) atoms. The molecule has 0 spiro atoms. The van der Waals surface area contributed by atoms with Gasteiger partial charge in [0, 0.05) is 0 Å². The van der Waals surface area contributed by atoms with E-state index in [1.165, 1.54) is 25.3 Å². The summed E-state index contributed by atoms with van der Waals surface area (Å²) in [6.07, 6.45) is 0. The van der Waals surface area contributed by atoms with Gasteiger partial charge < -0.3 is 17.0 Å².